The maximum absolute atomic E-state index is 5.63. The van der Waals surface area contributed by atoms with Gasteiger partial charge >= 0.3 is 0 Å². The first-order valence-corrected chi connectivity index (χ1v) is 5.27. The fourth-order valence-electron chi connectivity index (χ4n) is 2.22. The van der Waals surface area contributed by atoms with E-state index in [0.717, 1.165) is 18.7 Å². The molecule has 0 radical (unpaired) electrons. The molecule has 1 aromatic rings. The monoisotopic (exact) mass is 213 g/mol. The molecule has 0 bridgehead atoms. The van der Waals surface area contributed by atoms with Gasteiger partial charge in [-0.1, -0.05) is 0 Å². The van der Waals surface area contributed by atoms with Gasteiger partial charge in [0.25, 0.3) is 0 Å². The minimum absolute atomic E-state index is 0.206. The van der Waals surface area contributed by atoms with Crippen molar-refractivity contribution in [1.29, 1.82) is 0 Å². The van der Waals surface area contributed by atoms with E-state index in [1.165, 1.54) is 12.8 Å². The predicted octanol–water partition coefficient (Wildman–Crippen LogP) is 1.89. The Morgan fingerprint density at radius 3 is 2.57 bits per heavy atom. The van der Waals surface area contributed by atoms with E-state index in [0.29, 0.717) is 4.77 Å². The second-order valence-corrected chi connectivity index (χ2v) is 4.20. The Morgan fingerprint density at radius 1 is 1.50 bits per heavy atom. The van der Waals surface area contributed by atoms with E-state index >= 15 is 0 Å². The lowest BCUT2D eigenvalue weighted by Crippen LogP contribution is -2.28. The van der Waals surface area contributed by atoms with Crippen molar-refractivity contribution in [3.05, 3.63) is 10.6 Å². The molecule has 14 heavy (non-hydrogen) atoms. The zero-order valence-corrected chi connectivity index (χ0v) is 9.36. The van der Waals surface area contributed by atoms with Gasteiger partial charge in [0, 0.05) is 14.2 Å². The van der Waals surface area contributed by atoms with Gasteiger partial charge in [0.1, 0.15) is 5.60 Å². The quantitative estimate of drug-likeness (QED) is 0.763. The van der Waals surface area contributed by atoms with Gasteiger partial charge in [-0.2, -0.15) is 5.10 Å². The topological polar surface area (TPSA) is 42.8 Å². The van der Waals surface area contributed by atoms with Gasteiger partial charge in [-0.05, 0) is 37.9 Å². The summed E-state index contributed by atoms with van der Waals surface area (Å²) < 4.78 is 8.19. The van der Waals surface area contributed by atoms with Crippen LogP contribution in [0.5, 0.6) is 0 Å². The number of ether oxygens (including phenoxy) is 1. The Hall–Kier alpha value is -0.680. The maximum Gasteiger partial charge on any atom is 0.194 e. The highest BCUT2D eigenvalue weighted by atomic mass is 32.1. The first kappa shape index (κ1) is 9.86. The van der Waals surface area contributed by atoms with Crippen molar-refractivity contribution < 1.29 is 4.74 Å². The third-order valence-corrected chi connectivity index (χ3v) is 3.45. The van der Waals surface area contributed by atoms with Gasteiger partial charge in [0.15, 0.2) is 10.6 Å². The number of aromatic nitrogens is 3. The summed E-state index contributed by atoms with van der Waals surface area (Å²) in [4.78, 5) is 0. The minimum Gasteiger partial charge on any atom is -0.370 e. The molecule has 1 fully saturated rings. The zero-order valence-electron chi connectivity index (χ0n) is 8.54. The fraction of sp³-hybridized carbons (Fsp3) is 0.778. The van der Waals surface area contributed by atoms with E-state index in [1.54, 1.807) is 7.11 Å². The van der Waals surface area contributed by atoms with Crippen molar-refractivity contribution in [2.75, 3.05) is 7.11 Å². The predicted molar refractivity (Wildman–Crippen MR) is 55.5 cm³/mol. The van der Waals surface area contributed by atoms with Crippen LogP contribution in [0, 0.1) is 4.77 Å². The number of nitrogens with zero attached hydrogens (tertiary/aromatic N) is 2. The Kier molecular flexibility index (Phi) is 2.45. The summed E-state index contributed by atoms with van der Waals surface area (Å²) in [5.41, 5.74) is -0.206. The highest BCUT2D eigenvalue weighted by Crippen LogP contribution is 2.40. The molecule has 78 valence electrons. The van der Waals surface area contributed by atoms with Crippen molar-refractivity contribution in [3.63, 3.8) is 0 Å². The van der Waals surface area contributed by atoms with Crippen LogP contribution in [-0.4, -0.2) is 21.9 Å². The molecule has 1 N–H and O–H groups in total. The molecule has 0 aliphatic heterocycles. The van der Waals surface area contributed by atoms with E-state index < -0.39 is 0 Å². The van der Waals surface area contributed by atoms with Crippen LogP contribution in [0.2, 0.25) is 0 Å². The van der Waals surface area contributed by atoms with Crippen LogP contribution in [0.15, 0.2) is 0 Å². The summed E-state index contributed by atoms with van der Waals surface area (Å²) in [6, 6.07) is 0. The lowest BCUT2D eigenvalue weighted by atomic mass is 10.0. The molecule has 1 heterocycles. The molecule has 1 aliphatic rings. The summed E-state index contributed by atoms with van der Waals surface area (Å²) in [6.07, 6.45) is 4.48. The largest absolute Gasteiger partial charge is 0.370 e. The summed E-state index contributed by atoms with van der Waals surface area (Å²) >= 11 is 5.10. The number of rotatable bonds is 2. The number of methoxy groups -OCH3 is 1. The number of hydrogen-bond donors (Lipinski definition) is 1. The van der Waals surface area contributed by atoms with Crippen molar-refractivity contribution in [2.45, 2.75) is 31.3 Å². The molecule has 1 aromatic heterocycles. The number of aromatic amines is 1. The van der Waals surface area contributed by atoms with E-state index in [9.17, 15) is 0 Å². The number of H-pyrrole nitrogens is 1. The Balaban J connectivity index is 2.46. The summed E-state index contributed by atoms with van der Waals surface area (Å²) in [5, 5.41) is 7.07. The van der Waals surface area contributed by atoms with Crippen LogP contribution >= 0.6 is 12.2 Å². The van der Waals surface area contributed by atoms with E-state index in [2.05, 4.69) is 10.2 Å². The van der Waals surface area contributed by atoms with Gasteiger partial charge < -0.3 is 9.30 Å². The van der Waals surface area contributed by atoms with Gasteiger partial charge in [0.05, 0.1) is 0 Å². The number of nitrogens with one attached hydrogen (secondary N) is 1. The van der Waals surface area contributed by atoms with Crippen LogP contribution in [0.4, 0.5) is 0 Å². The molecule has 0 spiro atoms. The fourth-order valence-corrected chi connectivity index (χ4v) is 2.35. The van der Waals surface area contributed by atoms with Crippen molar-refractivity contribution >= 4 is 12.2 Å². The molecular weight excluding hydrogens is 198 g/mol. The van der Waals surface area contributed by atoms with Gasteiger partial charge in [0.2, 0.25) is 0 Å². The molecule has 0 aromatic carbocycles. The first-order valence-electron chi connectivity index (χ1n) is 4.87. The zero-order chi connectivity index (χ0) is 10.2. The minimum atomic E-state index is -0.206. The Bertz CT molecular complexity index is 376. The van der Waals surface area contributed by atoms with Crippen LogP contribution in [0.1, 0.15) is 31.5 Å². The molecule has 1 aliphatic carbocycles. The van der Waals surface area contributed by atoms with E-state index in [4.69, 9.17) is 17.0 Å². The second-order valence-electron chi connectivity index (χ2n) is 3.82. The lowest BCUT2D eigenvalue weighted by Gasteiger charge is -2.25. The van der Waals surface area contributed by atoms with Crippen LogP contribution in [0.25, 0.3) is 0 Å². The molecule has 0 saturated heterocycles. The van der Waals surface area contributed by atoms with Crippen LogP contribution in [0.3, 0.4) is 0 Å². The Labute approximate surface area is 88.3 Å². The van der Waals surface area contributed by atoms with Gasteiger partial charge in [-0.3, -0.25) is 5.10 Å². The standard InChI is InChI=1S/C9H15N3OS/c1-12-7(10-11-8(12)14)9(13-2)5-3-4-6-9/h3-6H2,1-2H3,(H,11,14). The molecule has 4 nitrogen and oxygen atoms in total. The SMILES string of the molecule is COC1(c2n[nH]c(=S)n2C)CCCC1. The van der Waals surface area contributed by atoms with Crippen molar-refractivity contribution in [2.24, 2.45) is 7.05 Å². The van der Waals surface area contributed by atoms with Gasteiger partial charge in [-0.15, -0.1) is 0 Å². The highest BCUT2D eigenvalue weighted by Gasteiger charge is 2.39. The third kappa shape index (κ3) is 1.31. The maximum atomic E-state index is 5.63. The smallest absolute Gasteiger partial charge is 0.194 e. The summed E-state index contributed by atoms with van der Waals surface area (Å²) in [6.45, 7) is 0. The van der Waals surface area contributed by atoms with Gasteiger partial charge in [-0.25, -0.2) is 0 Å². The molecule has 1 saturated carbocycles. The Morgan fingerprint density at radius 2 is 2.14 bits per heavy atom. The third-order valence-electron chi connectivity index (χ3n) is 3.09. The normalized spacial score (nSPS) is 20.1. The average Bonchev–Trinajstić information content (AvgIpc) is 2.77. The molecular formula is C9H15N3OS. The first-order chi connectivity index (χ1) is 6.69. The summed E-state index contributed by atoms with van der Waals surface area (Å²) in [7, 11) is 3.68. The van der Waals surface area contributed by atoms with Crippen molar-refractivity contribution in [3.8, 4) is 0 Å². The molecule has 0 atom stereocenters. The molecule has 5 heteroatoms. The van der Waals surface area contributed by atoms with Crippen molar-refractivity contribution in [1.82, 2.24) is 14.8 Å². The van der Waals surface area contributed by atoms with Crippen LogP contribution in [-0.2, 0) is 17.4 Å². The molecule has 2 rings (SSSR count). The highest BCUT2D eigenvalue weighted by molar-refractivity contribution is 7.71. The number of hydrogen-bond acceptors (Lipinski definition) is 3. The lowest BCUT2D eigenvalue weighted by molar-refractivity contribution is -0.0187. The summed E-state index contributed by atoms with van der Waals surface area (Å²) in [5.74, 6) is 0.933. The average molecular weight is 213 g/mol. The molecule has 0 unspecified atom stereocenters. The van der Waals surface area contributed by atoms with Crippen LogP contribution < -0.4 is 0 Å². The van der Waals surface area contributed by atoms with E-state index in [1.807, 2.05) is 11.6 Å². The molecule has 0 amide bonds. The second kappa shape index (κ2) is 3.47. The van der Waals surface area contributed by atoms with E-state index in [-0.39, 0.29) is 5.60 Å².